The van der Waals surface area contributed by atoms with Crippen LogP contribution in [0.2, 0.25) is 0 Å². The molecule has 4 heterocycles. The Kier molecular flexibility index (Phi) is 5.46. The quantitative estimate of drug-likeness (QED) is 0.777. The Morgan fingerprint density at radius 1 is 1.13 bits per heavy atom. The lowest BCUT2D eigenvalue weighted by atomic mass is 9.90. The van der Waals surface area contributed by atoms with E-state index in [1.807, 2.05) is 11.5 Å². The molecule has 1 saturated heterocycles. The molecular formula is C24H27NO5. The molecule has 0 saturated carbocycles. The van der Waals surface area contributed by atoms with E-state index in [0.717, 1.165) is 36.3 Å². The highest BCUT2D eigenvalue weighted by atomic mass is 16.6. The summed E-state index contributed by atoms with van der Waals surface area (Å²) in [7, 11) is 0. The molecule has 5 rings (SSSR count). The second kappa shape index (κ2) is 8.38. The van der Waals surface area contributed by atoms with Gasteiger partial charge in [0.25, 0.3) is 5.56 Å². The molecule has 0 amide bonds. The molecule has 1 aromatic heterocycles. The van der Waals surface area contributed by atoms with Crippen molar-refractivity contribution >= 4 is 5.57 Å². The van der Waals surface area contributed by atoms with E-state index in [9.17, 15) is 4.79 Å². The Morgan fingerprint density at radius 2 is 2.07 bits per heavy atom. The molecule has 30 heavy (non-hydrogen) atoms. The third-order valence-electron chi connectivity index (χ3n) is 6.12. The largest absolute Gasteiger partial charge is 0.490 e. The molecule has 3 aliphatic rings. The van der Waals surface area contributed by atoms with Crippen molar-refractivity contribution in [1.29, 1.82) is 0 Å². The molecule has 6 heteroatoms. The number of aromatic nitrogens is 1. The standard InChI is InChI=1S/C24H27NO5/c1-16-22(30-15-20-14-28-10-11-29-20)13-23(26)25-7-4-19-12-18(2-3-21(19)24(16)25)17-5-8-27-9-6-17/h2-3,5,12-13,20H,4,6-11,14-15H2,1H3. The molecule has 158 valence electrons. The van der Waals surface area contributed by atoms with Crippen molar-refractivity contribution in [2.75, 3.05) is 39.6 Å². The average molecular weight is 409 g/mol. The molecule has 3 aliphatic heterocycles. The number of aryl methyl sites for hydroxylation is 1. The Morgan fingerprint density at radius 3 is 2.87 bits per heavy atom. The maximum absolute atomic E-state index is 12.8. The monoisotopic (exact) mass is 409 g/mol. The van der Waals surface area contributed by atoms with Gasteiger partial charge in [-0.1, -0.05) is 24.3 Å². The van der Waals surface area contributed by atoms with Gasteiger partial charge in [0.1, 0.15) is 18.5 Å². The minimum Gasteiger partial charge on any atom is -0.490 e. The number of pyridine rings is 1. The topological polar surface area (TPSA) is 58.9 Å². The van der Waals surface area contributed by atoms with Crippen LogP contribution in [0.25, 0.3) is 16.8 Å². The first kappa shape index (κ1) is 19.5. The van der Waals surface area contributed by atoms with Gasteiger partial charge in [-0.2, -0.15) is 0 Å². The van der Waals surface area contributed by atoms with E-state index < -0.39 is 0 Å². The maximum Gasteiger partial charge on any atom is 0.254 e. The Labute approximate surface area is 176 Å². The lowest BCUT2D eigenvalue weighted by Gasteiger charge is -2.27. The van der Waals surface area contributed by atoms with Crippen molar-refractivity contribution in [2.24, 2.45) is 0 Å². The third-order valence-corrected chi connectivity index (χ3v) is 6.12. The predicted octanol–water partition coefficient (Wildman–Crippen LogP) is 2.98. The van der Waals surface area contributed by atoms with Crippen LogP contribution in [0.4, 0.5) is 0 Å². The fourth-order valence-corrected chi connectivity index (χ4v) is 4.52. The fraction of sp³-hybridized carbons (Fsp3) is 0.458. The first-order chi connectivity index (χ1) is 14.7. The van der Waals surface area contributed by atoms with E-state index >= 15 is 0 Å². The van der Waals surface area contributed by atoms with Crippen LogP contribution < -0.4 is 10.3 Å². The van der Waals surface area contributed by atoms with Gasteiger partial charge in [-0.25, -0.2) is 0 Å². The fourth-order valence-electron chi connectivity index (χ4n) is 4.52. The molecular weight excluding hydrogens is 382 g/mol. The highest BCUT2D eigenvalue weighted by molar-refractivity contribution is 5.75. The van der Waals surface area contributed by atoms with E-state index in [2.05, 4.69) is 24.3 Å². The summed E-state index contributed by atoms with van der Waals surface area (Å²) in [5, 5.41) is 0. The summed E-state index contributed by atoms with van der Waals surface area (Å²) in [5.41, 5.74) is 6.94. The average Bonchev–Trinajstić information content (AvgIpc) is 2.80. The van der Waals surface area contributed by atoms with Gasteiger partial charge in [0.15, 0.2) is 0 Å². The Bertz CT molecular complexity index is 1030. The molecule has 1 atom stereocenters. The zero-order chi connectivity index (χ0) is 20.5. The van der Waals surface area contributed by atoms with Crippen LogP contribution in [0.3, 0.4) is 0 Å². The summed E-state index contributed by atoms with van der Waals surface area (Å²) in [6, 6.07) is 8.20. The molecule has 0 N–H and O–H groups in total. The van der Waals surface area contributed by atoms with E-state index in [-0.39, 0.29) is 11.7 Å². The molecule has 2 aromatic rings. The van der Waals surface area contributed by atoms with Gasteiger partial charge in [0.05, 0.1) is 38.7 Å². The summed E-state index contributed by atoms with van der Waals surface area (Å²) < 4.78 is 24.4. The van der Waals surface area contributed by atoms with Crippen LogP contribution >= 0.6 is 0 Å². The van der Waals surface area contributed by atoms with Crippen LogP contribution in [-0.2, 0) is 27.2 Å². The van der Waals surface area contributed by atoms with Gasteiger partial charge in [-0.05, 0) is 36.5 Å². The first-order valence-corrected chi connectivity index (χ1v) is 10.7. The van der Waals surface area contributed by atoms with Crippen molar-refractivity contribution in [3.63, 3.8) is 0 Å². The van der Waals surface area contributed by atoms with Crippen molar-refractivity contribution in [3.05, 3.63) is 57.4 Å². The van der Waals surface area contributed by atoms with Crippen molar-refractivity contribution in [1.82, 2.24) is 4.57 Å². The number of fused-ring (bicyclic) bond motifs is 3. The summed E-state index contributed by atoms with van der Waals surface area (Å²) in [4.78, 5) is 12.8. The van der Waals surface area contributed by atoms with Crippen molar-refractivity contribution in [2.45, 2.75) is 32.4 Å². The second-order valence-corrected chi connectivity index (χ2v) is 8.03. The molecule has 0 aliphatic carbocycles. The minimum atomic E-state index is -0.0977. The highest BCUT2D eigenvalue weighted by Crippen LogP contribution is 2.36. The number of hydrogen-bond donors (Lipinski definition) is 0. The van der Waals surface area contributed by atoms with Gasteiger partial charge in [-0.3, -0.25) is 4.79 Å². The molecule has 0 bridgehead atoms. The van der Waals surface area contributed by atoms with Gasteiger partial charge in [-0.15, -0.1) is 0 Å². The van der Waals surface area contributed by atoms with Crippen LogP contribution in [0.5, 0.6) is 5.75 Å². The lowest BCUT2D eigenvalue weighted by molar-refractivity contribution is -0.101. The van der Waals surface area contributed by atoms with Crippen molar-refractivity contribution in [3.8, 4) is 17.0 Å². The van der Waals surface area contributed by atoms with E-state index in [0.29, 0.717) is 45.3 Å². The SMILES string of the molecule is Cc1c(OCC2COCCO2)cc(=O)n2c1-c1ccc(C3=CCOCC3)cc1CC2. The number of ether oxygens (including phenoxy) is 4. The minimum absolute atomic E-state index is 0.0201. The number of nitrogens with zero attached hydrogens (tertiary/aromatic N) is 1. The molecule has 1 fully saturated rings. The van der Waals surface area contributed by atoms with Gasteiger partial charge in [0.2, 0.25) is 0 Å². The number of hydrogen-bond acceptors (Lipinski definition) is 5. The summed E-state index contributed by atoms with van der Waals surface area (Å²) in [5.74, 6) is 0.629. The van der Waals surface area contributed by atoms with Gasteiger partial charge >= 0.3 is 0 Å². The zero-order valence-electron chi connectivity index (χ0n) is 17.3. The summed E-state index contributed by atoms with van der Waals surface area (Å²) in [6.45, 7) is 6.28. The summed E-state index contributed by atoms with van der Waals surface area (Å²) >= 11 is 0. The first-order valence-electron chi connectivity index (χ1n) is 10.7. The zero-order valence-corrected chi connectivity index (χ0v) is 17.3. The highest BCUT2D eigenvalue weighted by Gasteiger charge is 2.23. The van der Waals surface area contributed by atoms with Gasteiger partial charge < -0.3 is 23.5 Å². The third kappa shape index (κ3) is 3.71. The molecule has 0 radical (unpaired) electrons. The second-order valence-electron chi connectivity index (χ2n) is 8.03. The van der Waals surface area contributed by atoms with Crippen LogP contribution in [0.1, 0.15) is 23.1 Å². The molecule has 1 aromatic carbocycles. The number of rotatable bonds is 4. The predicted molar refractivity (Wildman–Crippen MR) is 114 cm³/mol. The normalized spacial score (nSPS) is 20.8. The van der Waals surface area contributed by atoms with E-state index in [1.165, 1.54) is 16.7 Å². The smallest absolute Gasteiger partial charge is 0.254 e. The summed E-state index contributed by atoms with van der Waals surface area (Å²) in [6.07, 6.45) is 3.87. The van der Waals surface area contributed by atoms with E-state index in [1.54, 1.807) is 6.07 Å². The van der Waals surface area contributed by atoms with Crippen molar-refractivity contribution < 1.29 is 18.9 Å². The van der Waals surface area contributed by atoms with Gasteiger partial charge in [0, 0.05) is 23.7 Å². The Balaban J connectivity index is 1.47. The number of benzene rings is 1. The van der Waals surface area contributed by atoms with Crippen LogP contribution in [0.15, 0.2) is 35.1 Å². The van der Waals surface area contributed by atoms with Crippen LogP contribution in [-0.4, -0.2) is 50.3 Å². The van der Waals surface area contributed by atoms with E-state index in [4.69, 9.17) is 18.9 Å². The van der Waals surface area contributed by atoms with Crippen LogP contribution in [0, 0.1) is 6.92 Å². The molecule has 6 nitrogen and oxygen atoms in total. The maximum atomic E-state index is 12.8. The Hall–Kier alpha value is -2.41. The molecule has 1 unspecified atom stereocenters. The molecule has 0 spiro atoms. The lowest BCUT2D eigenvalue weighted by Crippen LogP contribution is -2.34.